The molecule has 0 fully saturated rings. The summed E-state index contributed by atoms with van der Waals surface area (Å²) in [4.78, 5) is 11.3. The van der Waals surface area contributed by atoms with Crippen LogP contribution in [0.5, 0.6) is 6.01 Å². The number of anilines is 1. The molecule has 7 heteroatoms. The van der Waals surface area contributed by atoms with Crippen LogP contribution in [0.4, 0.5) is 5.95 Å². The van der Waals surface area contributed by atoms with Crippen molar-refractivity contribution in [2.45, 2.75) is 0 Å². The summed E-state index contributed by atoms with van der Waals surface area (Å²) in [5.41, 5.74) is 0. The second kappa shape index (κ2) is 4.78. The SMILES string of the molecule is COc1nc(Cl)nc(NCCO)n1. The maximum Gasteiger partial charge on any atom is 0.322 e. The van der Waals surface area contributed by atoms with Crippen molar-refractivity contribution in [3.8, 4) is 6.01 Å². The van der Waals surface area contributed by atoms with Crippen LogP contribution in [0.25, 0.3) is 0 Å². The molecule has 2 N–H and O–H groups in total. The van der Waals surface area contributed by atoms with Gasteiger partial charge in [-0.05, 0) is 11.6 Å². The minimum Gasteiger partial charge on any atom is -0.467 e. The smallest absolute Gasteiger partial charge is 0.322 e. The average molecular weight is 205 g/mol. The second-order valence-electron chi connectivity index (χ2n) is 2.07. The summed E-state index contributed by atoms with van der Waals surface area (Å²) >= 11 is 5.56. The molecule has 0 saturated heterocycles. The summed E-state index contributed by atoms with van der Waals surface area (Å²) in [5.74, 6) is 0.283. The number of aliphatic hydroxyl groups excluding tert-OH is 1. The van der Waals surface area contributed by atoms with Gasteiger partial charge >= 0.3 is 6.01 Å². The van der Waals surface area contributed by atoms with Gasteiger partial charge in [0.2, 0.25) is 11.2 Å². The highest BCUT2D eigenvalue weighted by atomic mass is 35.5. The number of nitrogens with one attached hydrogen (secondary N) is 1. The summed E-state index contributed by atoms with van der Waals surface area (Å²) in [6, 6.07) is 0.139. The van der Waals surface area contributed by atoms with Crippen LogP contribution < -0.4 is 10.1 Å². The van der Waals surface area contributed by atoms with Crippen LogP contribution in [0.3, 0.4) is 0 Å². The molecule has 0 atom stereocenters. The standard InChI is InChI=1S/C6H9ClN4O2/c1-13-6-10-4(7)9-5(11-6)8-2-3-12/h12H,2-3H2,1H3,(H,8,9,10,11). The van der Waals surface area contributed by atoms with E-state index < -0.39 is 0 Å². The van der Waals surface area contributed by atoms with E-state index in [1.165, 1.54) is 7.11 Å². The zero-order chi connectivity index (χ0) is 9.68. The normalized spacial score (nSPS) is 9.77. The predicted molar refractivity (Wildman–Crippen MR) is 47.0 cm³/mol. The van der Waals surface area contributed by atoms with Crippen molar-refractivity contribution < 1.29 is 9.84 Å². The number of nitrogens with zero attached hydrogens (tertiary/aromatic N) is 3. The van der Waals surface area contributed by atoms with Gasteiger partial charge in [0.15, 0.2) is 0 Å². The van der Waals surface area contributed by atoms with Crippen LogP contribution in [0, 0.1) is 0 Å². The van der Waals surface area contributed by atoms with Crippen LogP contribution in [-0.4, -0.2) is 40.3 Å². The highest BCUT2D eigenvalue weighted by Crippen LogP contribution is 2.09. The van der Waals surface area contributed by atoms with E-state index in [0.29, 0.717) is 6.54 Å². The Labute approximate surface area is 79.9 Å². The van der Waals surface area contributed by atoms with E-state index in [-0.39, 0.29) is 23.8 Å². The molecule has 0 spiro atoms. The molecule has 0 bridgehead atoms. The fraction of sp³-hybridized carbons (Fsp3) is 0.500. The largest absolute Gasteiger partial charge is 0.467 e. The van der Waals surface area contributed by atoms with Crippen LogP contribution in [0.2, 0.25) is 5.28 Å². The van der Waals surface area contributed by atoms with Crippen molar-refractivity contribution in [1.29, 1.82) is 0 Å². The number of ether oxygens (including phenoxy) is 1. The van der Waals surface area contributed by atoms with Gasteiger partial charge in [0, 0.05) is 6.54 Å². The molecule has 0 aliphatic carbocycles. The summed E-state index contributed by atoms with van der Waals surface area (Å²) < 4.78 is 4.77. The van der Waals surface area contributed by atoms with Crippen molar-refractivity contribution in [2.24, 2.45) is 0 Å². The molecular formula is C6H9ClN4O2. The Balaban J connectivity index is 2.76. The molecule has 1 aromatic rings. The van der Waals surface area contributed by atoms with Gasteiger partial charge in [-0.3, -0.25) is 0 Å². The van der Waals surface area contributed by atoms with Crippen molar-refractivity contribution in [1.82, 2.24) is 15.0 Å². The van der Waals surface area contributed by atoms with Crippen LogP contribution in [0.15, 0.2) is 0 Å². The zero-order valence-corrected chi connectivity index (χ0v) is 7.75. The first-order valence-corrected chi connectivity index (χ1v) is 3.94. The minimum atomic E-state index is -0.00832. The lowest BCUT2D eigenvalue weighted by atomic mass is 10.7. The number of methoxy groups -OCH3 is 1. The zero-order valence-electron chi connectivity index (χ0n) is 6.99. The molecule has 0 aromatic carbocycles. The molecule has 6 nitrogen and oxygen atoms in total. The highest BCUT2D eigenvalue weighted by molar-refractivity contribution is 6.28. The average Bonchev–Trinajstić information content (AvgIpc) is 2.14. The third-order valence-corrected chi connectivity index (χ3v) is 1.33. The van der Waals surface area contributed by atoms with Crippen LogP contribution >= 0.6 is 11.6 Å². The van der Waals surface area contributed by atoms with Crippen molar-refractivity contribution in [3.63, 3.8) is 0 Å². The van der Waals surface area contributed by atoms with Crippen LogP contribution in [-0.2, 0) is 0 Å². The molecule has 0 amide bonds. The molecule has 0 radical (unpaired) electrons. The summed E-state index contributed by atoms with van der Waals surface area (Å²) in [6.45, 7) is 0.342. The Kier molecular flexibility index (Phi) is 3.66. The Bertz CT molecular complexity index is 283. The first-order valence-electron chi connectivity index (χ1n) is 3.56. The van der Waals surface area contributed by atoms with Crippen molar-refractivity contribution in [3.05, 3.63) is 5.28 Å². The van der Waals surface area contributed by atoms with Gasteiger partial charge in [0.25, 0.3) is 0 Å². The molecule has 1 aromatic heterocycles. The third-order valence-electron chi connectivity index (χ3n) is 1.17. The maximum absolute atomic E-state index is 8.53. The third kappa shape index (κ3) is 3.00. The molecule has 0 saturated carbocycles. The van der Waals surface area contributed by atoms with E-state index in [9.17, 15) is 0 Å². The lowest BCUT2D eigenvalue weighted by Crippen LogP contribution is -2.09. The second-order valence-corrected chi connectivity index (χ2v) is 2.40. The topological polar surface area (TPSA) is 80.2 Å². The molecule has 1 rings (SSSR count). The molecule has 13 heavy (non-hydrogen) atoms. The molecule has 0 aliphatic heterocycles. The Morgan fingerprint density at radius 1 is 1.46 bits per heavy atom. The summed E-state index contributed by atoms with van der Waals surface area (Å²) in [7, 11) is 1.43. The number of rotatable bonds is 4. The molecule has 72 valence electrons. The fourth-order valence-electron chi connectivity index (χ4n) is 0.670. The minimum absolute atomic E-state index is 0.00832. The number of halogens is 1. The molecule has 0 unspecified atom stereocenters. The van der Waals surface area contributed by atoms with E-state index in [4.69, 9.17) is 21.4 Å². The number of aromatic nitrogens is 3. The molecular weight excluding hydrogens is 196 g/mol. The Morgan fingerprint density at radius 2 is 2.23 bits per heavy atom. The van der Waals surface area contributed by atoms with E-state index in [2.05, 4.69) is 20.3 Å². The van der Waals surface area contributed by atoms with E-state index >= 15 is 0 Å². The number of hydrogen-bond acceptors (Lipinski definition) is 6. The predicted octanol–water partition coefficient (Wildman–Crippen LogP) is -0.0622. The van der Waals surface area contributed by atoms with Crippen molar-refractivity contribution >= 4 is 17.5 Å². The van der Waals surface area contributed by atoms with Gasteiger partial charge in [0.05, 0.1) is 13.7 Å². The Morgan fingerprint density at radius 3 is 2.85 bits per heavy atom. The Hall–Kier alpha value is -1.14. The van der Waals surface area contributed by atoms with Crippen LogP contribution in [0.1, 0.15) is 0 Å². The van der Waals surface area contributed by atoms with Gasteiger partial charge in [0.1, 0.15) is 0 Å². The molecule has 0 aliphatic rings. The first-order chi connectivity index (χ1) is 6.26. The lowest BCUT2D eigenvalue weighted by molar-refractivity contribution is 0.310. The summed E-state index contributed by atoms with van der Waals surface area (Å²) in [6.07, 6.45) is 0. The fourth-order valence-corrected chi connectivity index (χ4v) is 0.822. The van der Waals surface area contributed by atoms with E-state index in [1.54, 1.807) is 0 Å². The number of hydrogen-bond donors (Lipinski definition) is 2. The maximum atomic E-state index is 8.53. The molecule has 1 heterocycles. The van der Waals surface area contributed by atoms with E-state index in [1.807, 2.05) is 0 Å². The van der Waals surface area contributed by atoms with Gasteiger partial charge in [-0.15, -0.1) is 0 Å². The lowest BCUT2D eigenvalue weighted by Gasteiger charge is -2.03. The van der Waals surface area contributed by atoms with Crippen molar-refractivity contribution in [2.75, 3.05) is 25.6 Å². The van der Waals surface area contributed by atoms with Gasteiger partial charge in [-0.2, -0.15) is 15.0 Å². The summed E-state index contributed by atoms with van der Waals surface area (Å²) in [5, 5.41) is 11.3. The number of aliphatic hydroxyl groups is 1. The van der Waals surface area contributed by atoms with Gasteiger partial charge in [-0.1, -0.05) is 0 Å². The van der Waals surface area contributed by atoms with E-state index in [0.717, 1.165) is 0 Å². The van der Waals surface area contributed by atoms with Gasteiger partial charge < -0.3 is 15.2 Å². The highest BCUT2D eigenvalue weighted by Gasteiger charge is 2.03. The first kappa shape index (κ1) is 9.94. The quantitative estimate of drug-likeness (QED) is 0.715. The monoisotopic (exact) mass is 204 g/mol. The van der Waals surface area contributed by atoms with Gasteiger partial charge in [-0.25, -0.2) is 0 Å².